The average molecular weight is 556 g/mol. The number of carbonyl (C=O) groups excluding carboxylic acids is 3. The van der Waals surface area contributed by atoms with Gasteiger partial charge in [-0.1, -0.05) is 50.2 Å². The molecular formula is C27H37N7O4S. The van der Waals surface area contributed by atoms with Gasteiger partial charge in [0.2, 0.25) is 17.7 Å². The molecule has 0 unspecified atom stereocenters. The van der Waals surface area contributed by atoms with E-state index in [-0.39, 0.29) is 43.8 Å². The summed E-state index contributed by atoms with van der Waals surface area (Å²) >= 11 is 1.58. The number of aliphatic hydroxyl groups is 1. The molecule has 3 amide bonds. The Balaban J connectivity index is 1.69. The van der Waals surface area contributed by atoms with Crippen LogP contribution < -0.4 is 10.6 Å². The zero-order chi connectivity index (χ0) is 28.7. The number of azide groups is 1. The highest BCUT2D eigenvalue weighted by Gasteiger charge is 2.44. The van der Waals surface area contributed by atoms with Crippen molar-refractivity contribution < 1.29 is 19.5 Å². The summed E-state index contributed by atoms with van der Waals surface area (Å²) in [6.07, 6.45) is -0.270. The topological polar surface area (TPSA) is 160 Å². The number of aryl methyl sites for hydroxylation is 1. The van der Waals surface area contributed by atoms with Gasteiger partial charge < -0.3 is 20.6 Å². The van der Waals surface area contributed by atoms with Crippen LogP contribution in [0.15, 0.2) is 34.9 Å². The van der Waals surface area contributed by atoms with Crippen LogP contribution in [0.3, 0.4) is 0 Å². The lowest BCUT2D eigenvalue weighted by Gasteiger charge is -2.35. The Labute approximate surface area is 232 Å². The molecule has 1 aliphatic heterocycles. The molecule has 0 bridgehead atoms. The number of carbonyl (C=O) groups is 3. The SMILES string of the molecule is Cc1ncsc1-c1ccc([C@H](C)NC(=O)[C@@H]2C[C@@H](O)CN2C(=O)[C@H](NC(=O)CCCN=[N+]=[N-])C(C)(C)C)cc1. The molecule has 39 heavy (non-hydrogen) atoms. The van der Waals surface area contributed by atoms with Crippen LogP contribution >= 0.6 is 11.3 Å². The van der Waals surface area contributed by atoms with Crippen molar-refractivity contribution in [1.29, 1.82) is 0 Å². The number of aliphatic hydroxyl groups excluding tert-OH is 1. The van der Waals surface area contributed by atoms with Crippen LogP contribution in [0.1, 0.15) is 64.3 Å². The molecular weight excluding hydrogens is 518 g/mol. The van der Waals surface area contributed by atoms with Crippen LogP contribution in [0.4, 0.5) is 0 Å². The molecule has 11 nitrogen and oxygen atoms in total. The molecule has 1 saturated heterocycles. The first-order valence-electron chi connectivity index (χ1n) is 13.0. The van der Waals surface area contributed by atoms with Crippen molar-refractivity contribution in [3.63, 3.8) is 0 Å². The Morgan fingerprint density at radius 3 is 2.54 bits per heavy atom. The number of amides is 3. The van der Waals surface area contributed by atoms with Gasteiger partial charge in [-0.25, -0.2) is 4.98 Å². The minimum atomic E-state index is -0.898. The van der Waals surface area contributed by atoms with Crippen LogP contribution in [-0.2, 0) is 14.4 Å². The van der Waals surface area contributed by atoms with Gasteiger partial charge >= 0.3 is 0 Å². The maximum absolute atomic E-state index is 13.6. The molecule has 1 aromatic carbocycles. The molecule has 0 aliphatic carbocycles. The van der Waals surface area contributed by atoms with Crippen LogP contribution in [0.25, 0.3) is 20.9 Å². The Kier molecular flexibility index (Phi) is 10.1. The van der Waals surface area contributed by atoms with E-state index in [4.69, 9.17) is 5.53 Å². The van der Waals surface area contributed by atoms with Crippen molar-refractivity contribution in [2.24, 2.45) is 10.5 Å². The molecule has 2 aromatic rings. The lowest BCUT2D eigenvalue weighted by atomic mass is 9.85. The van der Waals surface area contributed by atoms with Crippen LogP contribution in [-0.4, -0.2) is 64.0 Å². The van der Waals surface area contributed by atoms with E-state index in [1.807, 2.05) is 64.4 Å². The molecule has 3 rings (SSSR count). The Bertz CT molecular complexity index is 1220. The fourth-order valence-corrected chi connectivity index (χ4v) is 5.42. The highest BCUT2D eigenvalue weighted by Crippen LogP contribution is 2.29. The van der Waals surface area contributed by atoms with Crippen LogP contribution in [0.5, 0.6) is 0 Å². The molecule has 0 saturated carbocycles. The van der Waals surface area contributed by atoms with E-state index in [1.165, 1.54) is 4.90 Å². The zero-order valence-electron chi connectivity index (χ0n) is 23.0. The normalized spacial score (nSPS) is 18.7. The van der Waals surface area contributed by atoms with Gasteiger partial charge in [0.25, 0.3) is 0 Å². The Hall–Kier alpha value is -3.47. The molecule has 0 spiro atoms. The lowest BCUT2D eigenvalue weighted by Crippen LogP contribution is -2.57. The summed E-state index contributed by atoms with van der Waals surface area (Å²) in [5.74, 6) is -1.12. The summed E-state index contributed by atoms with van der Waals surface area (Å²) < 4.78 is 0. The molecule has 0 radical (unpaired) electrons. The van der Waals surface area contributed by atoms with E-state index in [9.17, 15) is 19.5 Å². The number of aromatic nitrogens is 1. The van der Waals surface area contributed by atoms with Gasteiger partial charge in [0, 0.05) is 30.8 Å². The van der Waals surface area contributed by atoms with Crippen molar-refractivity contribution in [3.05, 3.63) is 51.5 Å². The number of hydrogen-bond donors (Lipinski definition) is 3. The number of β-amino-alcohol motifs (C(OH)–C–C–N with tert-alkyl or cyclic N) is 1. The summed E-state index contributed by atoms with van der Waals surface area (Å²) in [6, 6.07) is 5.83. The molecule has 2 heterocycles. The van der Waals surface area contributed by atoms with Crippen LogP contribution in [0.2, 0.25) is 0 Å². The van der Waals surface area contributed by atoms with Crippen molar-refractivity contribution in [2.75, 3.05) is 13.1 Å². The fraction of sp³-hybridized carbons (Fsp3) is 0.556. The largest absolute Gasteiger partial charge is 0.391 e. The van der Waals surface area contributed by atoms with Crippen molar-refractivity contribution in [2.45, 2.75) is 78.1 Å². The Morgan fingerprint density at radius 2 is 1.95 bits per heavy atom. The summed E-state index contributed by atoms with van der Waals surface area (Å²) in [4.78, 5) is 49.0. The van der Waals surface area contributed by atoms with Crippen LogP contribution in [0, 0.1) is 12.3 Å². The maximum Gasteiger partial charge on any atom is 0.246 e. The van der Waals surface area contributed by atoms with Crippen molar-refractivity contribution >= 4 is 29.1 Å². The fourth-order valence-electron chi connectivity index (χ4n) is 4.60. The first-order valence-corrected chi connectivity index (χ1v) is 13.9. The minimum absolute atomic E-state index is 0.00747. The maximum atomic E-state index is 13.6. The summed E-state index contributed by atoms with van der Waals surface area (Å²) in [5.41, 5.74) is 12.5. The predicted molar refractivity (Wildman–Crippen MR) is 150 cm³/mol. The zero-order valence-corrected chi connectivity index (χ0v) is 23.9. The predicted octanol–water partition coefficient (Wildman–Crippen LogP) is 3.88. The first-order chi connectivity index (χ1) is 18.4. The van der Waals surface area contributed by atoms with Gasteiger partial charge in [-0.05, 0) is 42.3 Å². The summed E-state index contributed by atoms with van der Waals surface area (Å²) in [6.45, 7) is 9.52. The highest BCUT2D eigenvalue weighted by atomic mass is 32.1. The number of nitrogens with one attached hydrogen (secondary N) is 2. The quantitative estimate of drug-likeness (QED) is 0.175. The number of likely N-dealkylation sites (tertiary alicyclic amines) is 1. The third kappa shape index (κ3) is 7.78. The summed E-state index contributed by atoms with van der Waals surface area (Å²) in [5, 5.41) is 19.6. The van der Waals surface area contributed by atoms with E-state index in [2.05, 4.69) is 25.6 Å². The van der Waals surface area contributed by atoms with Gasteiger partial charge in [-0.2, -0.15) is 0 Å². The number of rotatable bonds is 10. The average Bonchev–Trinajstić information content (AvgIpc) is 3.49. The van der Waals surface area contributed by atoms with Gasteiger partial charge in [0.1, 0.15) is 12.1 Å². The second kappa shape index (κ2) is 13.1. The van der Waals surface area contributed by atoms with E-state index in [0.717, 1.165) is 21.7 Å². The first kappa shape index (κ1) is 30.1. The third-order valence-electron chi connectivity index (χ3n) is 6.79. The van der Waals surface area contributed by atoms with E-state index < -0.39 is 29.5 Å². The molecule has 12 heteroatoms. The Morgan fingerprint density at radius 1 is 1.26 bits per heavy atom. The second-order valence-corrected chi connectivity index (χ2v) is 11.8. The number of benzene rings is 1. The highest BCUT2D eigenvalue weighted by molar-refractivity contribution is 7.13. The van der Waals surface area contributed by atoms with E-state index >= 15 is 0 Å². The van der Waals surface area contributed by atoms with Gasteiger partial charge in [0.15, 0.2) is 0 Å². The monoisotopic (exact) mass is 555 g/mol. The van der Waals surface area contributed by atoms with E-state index in [1.54, 1.807) is 11.3 Å². The molecule has 1 fully saturated rings. The summed E-state index contributed by atoms with van der Waals surface area (Å²) in [7, 11) is 0. The molecule has 210 valence electrons. The minimum Gasteiger partial charge on any atom is -0.391 e. The molecule has 1 aromatic heterocycles. The standard InChI is InChI=1S/C27H37N7O4S/c1-16(18-8-10-19(11-9-18)23-17(2)29-15-39-23)31-25(37)21-13-20(35)14-34(21)26(38)24(27(3,4)5)32-22(36)7-6-12-30-33-28/h8-11,15-16,20-21,24,35H,6-7,12-14H2,1-5H3,(H,31,37)(H,32,36)/t16-,20+,21-,24-/m0/s1. The number of thiazole rings is 1. The second-order valence-electron chi connectivity index (χ2n) is 10.9. The molecule has 4 atom stereocenters. The van der Waals surface area contributed by atoms with Gasteiger partial charge in [0.05, 0.1) is 28.2 Å². The van der Waals surface area contributed by atoms with Gasteiger partial charge in [-0.3, -0.25) is 14.4 Å². The van der Waals surface area contributed by atoms with Gasteiger partial charge in [-0.15, -0.1) is 11.3 Å². The van der Waals surface area contributed by atoms with Crippen molar-refractivity contribution in [3.8, 4) is 10.4 Å². The molecule has 3 N–H and O–H groups in total. The lowest BCUT2D eigenvalue weighted by molar-refractivity contribution is -0.144. The smallest absolute Gasteiger partial charge is 0.246 e. The third-order valence-corrected chi connectivity index (χ3v) is 7.76. The van der Waals surface area contributed by atoms with E-state index in [0.29, 0.717) is 6.42 Å². The number of nitrogens with zero attached hydrogens (tertiary/aromatic N) is 5. The molecule has 1 aliphatic rings. The number of hydrogen-bond acceptors (Lipinski definition) is 7. The van der Waals surface area contributed by atoms with Crippen molar-refractivity contribution in [1.82, 2.24) is 20.5 Å².